The molecule has 0 saturated carbocycles. The second-order valence-corrected chi connectivity index (χ2v) is 9.40. The average molecular weight is 512 g/mol. The van der Waals surface area contributed by atoms with E-state index in [9.17, 15) is 19.7 Å². The van der Waals surface area contributed by atoms with Gasteiger partial charge in [-0.05, 0) is 51.5 Å². The fraction of sp³-hybridized carbons (Fsp3) is 0.391. The number of benzene rings is 2. The standard InChI is InChI=1S/C23H27Cl2N3O6/c1-14(22(30)26-23(2,3)4)27(12-15-6-7-16(24)10-18(15)25)21(29)13-34-17-8-9-19(28(31)32)20(11-17)33-5/h6-11,14H,12-13H2,1-5H3,(H,26,30)/t14-/m1/s1. The third-order valence-electron chi connectivity index (χ3n) is 4.73. The van der Waals surface area contributed by atoms with Crippen LogP contribution in [0.1, 0.15) is 33.3 Å². The number of methoxy groups -OCH3 is 1. The largest absolute Gasteiger partial charge is 0.490 e. The van der Waals surface area contributed by atoms with Crippen LogP contribution in [0.4, 0.5) is 5.69 Å². The molecule has 0 fully saturated rings. The van der Waals surface area contributed by atoms with Crippen molar-refractivity contribution in [3.63, 3.8) is 0 Å². The van der Waals surface area contributed by atoms with Crippen molar-refractivity contribution in [3.05, 3.63) is 62.1 Å². The van der Waals surface area contributed by atoms with Crippen molar-refractivity contribution in [3.8, 4) is 11.5 Å². The van der Waals surface area contributed by atoms with Crippen molar-refractivity contribution < 1.29 is 24.0 Å². The molecule has 9 nitrogen and oxygen atoms in total. The SMILES string of the molecule is COc1cc(OCC(=O)N(Cc2ccc(Cl)cc2Cl)[C@H](C)C(=O)NC(C)(C)C)ccc1[N+](=O)[O-]. The quantitative estimate of drug-likeness (QED) is 0.388. The number of nitro benzene ring substituents is 1. The smallest absolute Gasteiger partial charge is 0.311 e. The monoisotopic (exact) mass is 511 g/mol. The lowest BCUT2D eigenvalue weighted by Crippen LogP contribution is -2.53. The Hall–Kier alpha value is -3.04. The minimum atomic E-state index is -0.839. The number of nitrogens with zero attached hydrogens (tertiary/aromatic N) is 2. The van der Waals surface area contributed by atoms with Crippen LogP contribution in [0.25, 0.3) is 0 Å². The topological polar surface area (TPSA) is 111 Å². The molecule has 0 aliphatic carbocycles. The molecule has 0 radical (unpaired) electrons. The molecule has 2 rings (SSSR count). The van der Waals surface area contributed by atoms with E-state index in [1.165, 1.54) is 30.2 Å². The molecule has 0 saturated heterocycles. The molecule has 2 aromatic rings. The third kappa shape index (κ3) is 7.50. The summed E-state index contributed by atoms with van der Waals surface area (Å²) >= 11 is 12.3. The lowest BCUT2D eigenvalue weighted by molar-refractivity contribution is -0.385. The Bertz CT molecular complexity index is 1070. The van der Waals surface area contributed by atoms with E-state index < -0.39 is 29.0 Å². The number of hydrogen-bond acceptors (Lipinski definition) is 6. The van der Waals surface area contributed by atoms with Crippen LogP contribution in [-0.4, -0.2) is 46.9 Å². The summed E-state index contributed by atoms with van der Waals surface area (Å²) in [6, 6.07) is 7.95. The molecule has 0 spiro atoms. The van der Waals surface area contributed by atoms with E-state index >= 15 is 0 Å². The minimum Gasteiger partial charge on any atom is -0.490 e. The van der Waals surface area contributed by atoms with Gasteiger partial charge in [-0.15, -0.1) is 0 Å². The van der Waals surface area contributed by atoms with E-state index in [1.54, 1.807) is 25.1 Å². The summed E-state index contributed by atoms with van der Waals surface area (Å²) < 4.78 is 10.6. The number of ether oxygens (including phenoxy) is 2. The summed E-state index contributed by atoms with van der Waals surface area (Å²) in [5.41, 5.74) is -0.122. The Labute approximate surface area is 208 Å². The molecule has 1 N–H and O–H groups in total. The predicted octanol–water partition coefficient (Wildman–Crippen LogP) is 4.62. The van der Waals surface area contributed by atoms with Crippen molar-refractivity contribution in [2.45, 2.75) is 45.8 Å². The number of carbonyl (C=O) groups is 2. The molecule has 0 aliphatic heterocycles. The summed E-state index contributed by atoms with van der Waals surface area (Å²) in [5.74, 6) is -0.632. The van der Waals surface area contributed by atoms with E-state index in [1.807, 2.05) is 20.8 Å². The van der Waals surface area contributed by atoms with Gasteiger partial charge in [0.1, 0.15) is 11.8 Å². The number of carbonyl (C=O) groups excluding carboxylic acids is 2. The van der Waals surface area contributed by atoms with Gasteiger partial charge in [-0.3, -0.25) is 19.7 Å². The maximum atomic E-state index is 13.2. The highest BCUT2D eigenvalue weighted by atomic mass is 35.5. The van der Waals surface area contributed by atoms with E-state index in [4.69, 9.17) is 32.7 Å². The van der Waals surface area contributed by atoms with Crippen molar-refractivity contribution in [2.75, 3.05) is 13.7 Å². The van der Waals surface area contributed by atoms with Gasteiger partial charge in [0, 0.05) is 34.3 Å². The number of hydrogen-bond donors (Lipinski definition) is 1. The van der Waals surface area contributed by atoms with Crippen molar-refractivity contribution >= 4 is 40.7 Å². The van der Waals surface area contributed by atoms with Crippen molar-refractivity contribution in [1.29, 1.82) is 0 Å². The number of rotatable bonds is 9. The molecule has 0 aliphatic rings. The van der Waals surface area contributed by atoms with Gasteiger partial charge < -0.3 is 19.7 Å². The summed E-state index contributed by atoms with van der Waals surface area (Å²) in [5, 5.41) is 14.7. The number of nitrogens with one attached hydrogen (secondary N) is 1. The Kier molecular flexibility index (Phi) is 9.12. The third-order valence-corrected chi connectivity index (χ3v) is 5.32. The molecule has 2 amide bonds. The van der Waals surface area contributed by atoms with Gasteiger partial charge in [0.15, 0.2) is 6.61 Å². The summed E-state index contributed by atoms with van der Waals surface area (Å²) in [7, 11) is 1.30. The lowest BCUT2D eigenvalue weighted by Gasteiger charge is -2.31. The zero-order valence-corrected chi connectivity index (χ0v) is 21.1. The van der Waals surface area contributed by atoms with Gasteiger partial charge >= 0.3 is 5.69 Å². The lowest BCUT2D eigenvalue weighted by atomic mass is 10.1. The van der Waals surface area contributed by atoms with Gasteiger partial charge in [0.25, 0.3) is 5.91 Å². The molecule has 2 aromatic carbocycles. The molecule has 0 bridgehead atoms. The van der Waals surface area contributed by atoms with E-state index in [2.05, 4.69) is 5.32 Å². The Morgan fingerprint density at radius 1 is 1.18 bits per heavy atom. The Morgan fingerprint density at radius 3 is 2.41 bits per heavy atom. The van der Waals surface area contributed by atoms with E-state index in [0.29, 0.717) is 15.6 Å². The number of amides is 2. The highest BCUT2D eigenvalue weighted by molar-refractivity contribution is 6.35. The molecule has 0 aromatic heterocycles. The van der Waals surface area contributed by atoms with Crippen LogP contribution >= 0.6 is 23.2 Å². The molecule has 184 valence electrons. The zero-order chi connectivity index (χ0) is 25.6. The molecular formula is C23H27Cl2N3O6. The molecule has 34 heavy (non-hydrogen) atoms. The highest BCUT2D eigenvalue weighted by Gasteiger charge is 2.29. The van der Waals surface area contributed by atoms with Crippen LogP contribution in [0.5, 0.6) is 11.5 Å². The molecule has 11 heteroatoms. The van der Waals surface area contributed by atoms with Crippen molar-refractivity contribution in [1.82, 2.24) is 10.2 Å². The molecule has 0 heterocycles. The first-order valence-electron chi connectivity index (χ1n) is 10.3. The Morgan fingerprint density at radius 2 is 1.85 bits per heavy atom. The van der Waals surface area contributed by atoms with Crippen LogP contribution in [0.15, 0.2) is 36.4 Å². The Balaban J connectivity index is 2.26. The first-order valence-corrected chi connectivity index (χ1v) is 11.1. The van der Waals surface area contributed by atoms with E-state index in [-0.39, 0.29) is 29.6 Å². The summed E-state index contributed by atoms with van der Waals surface area (Å²) in [6.45, 7) is 6.75. The van der Waals surface area contributed by atoms with Gasteiger partial charge in [0.2, 0.25) is 11.7 Å². The number of halogens is 2. The van der Waals surface area contributed by atoms with Crippen LogP contribution < -0.4 is 14.8 Å². The van der Waals surface area contributed by atoms with Crippen LogP contribution in [0.3, 0.4) is 0 Å². The van der Waals surface area contributed by atoms with Gasteiger partial charge in [0.05, 0.1) is 12.0 Å². The minimum absolute atomic E-state index is 0.00215. The maximum absolute atomic E-state index is 13.2. The second kappa shape index (κ2) is 11.4. The van der Waals surface area contributed by atoms with Gasteiger partial charge in [-0.1, -0.05) is 29.3 Å². The van der Waals surface area contributed by atoms with Crippen LogP contribution in [-0.2, 0) is 16.1 Å². The molecule has 0 unspecified atom stereocenters. The fourth-order valence-corrected chi connectivity index (χ4v) is 3.48. The van der Waals surface area contributed by atoms with Crippen molar-refractivity contribution in [2.24, 2.45) is 0 Å². The van der Waals surface area contributed by atoms with Crippen LogP contribution in [0, 0.1) is 10.1 Å². The van der Waals surface area contributed by atoms with Crippen LogP contribution in [0.2, 0.25) is 10.0 Å². The second-order valence-electron chi connectivity index (χ2n) is 8.55. The van der Waals surface area contributed by atoms with Gasteiger partial charge in [-0.25, -0.2) is 0 Å². The van der Waals surface area contributed by atoms with E-state index in [0.717, 1.165) is 0 Å². The number of nitro groups is 1. The highest BCUT2D eigenvalue weighted by Crippen LogP contribution is 2.31. The normalized spacial score (nSPS) is 12.0. The summed E-state index contributed by atoms with van der Waals surface area (Å²) in [4.78, 5) is 37.8. The zero-order valence-electron chi connectivity index (χ0n) is 19.6. The fourth-order valence-electron chi connectivity index (χ4n) is 3.02. The summed E-state index contributed by atoms with van der Waals surface area (Å²) in [6.07, 6.45) is 0. The first kappa shape index (κ1) is 27.2. The maximum Gasteiger partial charge on any atom is 0.311 e. The molecular weight excluding hydrogens is 485 g/mol. The molecule has 1 atom stereocenters. The average Bonchev–Trinajstić information content (AvgIpc) is 2.75. The first-order chi connectivity index (χ1) is 15.8. The predicted molar refractivity (Wildman–Crippen MR) is 130 cm³/mol. The van der Waals surface area contributed by atoms with Gasteiger partial charge in [-0.2, -0.15) is 0 Å².